The van der Waals surface area contributed by atoms with Crippen molar-refractivity contribution in [2.45, 2.75) is 26.2 Å². The molecule has 1 aliphatic rings. The molecule has 6 nitrogen and oxygen atoms in total. The zero-order valence-corrected chi connectivity index (χ0v) is 12.2. The average Bonchev–Trinajstić information content (AvgIpc) is 2.50. The number of benzene rings is 1. The maximum Gasteiger partial charge on any atom is 0.234 e. The summed E-state index contributed by atoms with van der Waals surface area (Å²) in [6, 6.07) is 10.5. The van der Waals surface area contributed by atoms with Crippen LogP contribution in [0.3, 0.4) is 0 Å². The van der Waals surface area contributed by atoms with Gasteiger partial charge in [-0.2, -0.15) is 9.84 Å². The second-order valence-electron chi connectivity index (χ2n) is 4.85. The molecule has 0 saturated heterocycles. The highest BCUT2D eigenvalue weighted by molar-refractivity contribution is 5.93. The zero-order valence-electron chi connectivity index (χ0n) is 11.4. The number of fused-ring (bicyclic) bond motifs is 1. The van der Waals surface area contributed by atoms with Crippen LogP contribution < -0.4 is 18.6 Å². The molecule has 0 spiro atoms. The normalized spacial score (nSPS) is 16.1. The number of rotatable bonds is 1. The molecule has 0 aliphatic carbocycles. The monoisotopic (exact) mass is 298 g/mol. The van der Waals surface area contributed by atoms with Crippen molar-refractivity contribution in [2.24, 2.45) is 0 Å². The van der Waals surface area contributed by atoms with E-state index in [2.05, 4.69) is 49.6 Å². The average molecular weight is 299 g/mol. The molecule has 0 fully saturated rings. The van der Waals surface area contributed by atoms with Gasteiger partial charge in [-0.3, -0.25) is 0 Å². The quantitative estimate of drug-likeness (QED) is 0.432. The van der Waals surface area contributed by atoms with E-state index in [0.717, 1.165) is 0 Å². The lowest BCUT2D eigenvalue weighted by atomic mass is 9.82. The first-order chi connectivity index (χ1) is 9.09. The third-order valence-electron chi connectivity index (χ3n) is 3.41. The lowest BCUT2D eigenvalue weighted by Gasteiger charge is -2.17. The number of para-hydroxylation sites is 1. The van der Waals surface area contributed by atoms with E-state index in [1.54, 1.807) is 0 Å². The first-order valence-corrected chi connectivity index (χ1v) is 7.02. The largest absolute Gasteiger partial charge is 0.234 e. The summed E-state index contributed by atoms with van der Waals surface area (Å²) in [5, 5.41) is 8.84. The minimum atomic E-state index is -4.94. The number of hydrogen-bond acceptors (Lipinski definition) is 5. The van der Waals surface area contributed by atoms with Gasteiger partial charge in [0.1, 0.15) is 6.07 Å². The van der Waals surface area contributed by atoms with Crippen LogP contribution in [0.1, 0.15) is 26.3 Å². The molecule has 0 bridgehead atoms. The van der Waals surface area contributed by atoms with Crippen LogP contribution in [0.25, 0.3) is 0 Å². The van der Waals surface area contributed by atoms with Crippen molar-refractivity contribution >= 4 is 11.4 Å². The van der Waals surface area contributed by atoms with Gasteiger partial charge in [-0.25, -0.2) is 18.6 Å². The molecule has 7 heteroatoms. The summed E-state index contributed by atoms with van der Waals surface area (Å²) in [7, 11) is -4.94. The predicted octanol–water partition coefficient (Wildman–Crippen LogP) is -2.15. The number of hydrogen-bond donors (Lipinski definition) is 0. The minimum absolute atomic E-state index is 0.0491. The highest BCUT2D eigenvalue weighted by Gasteiger charge is 2.42. The molecule has 0 unspecified atom stereocenters. The Morgan fingerprint density at radius 3 is 2.20 bits per heavy atom. The molecule has 1 heterocycles. The fourth-order valence-electron chi connectivity index (χ4n) is 2.22. The fraction of sp³-hybridized carbons (Fsp3) is 0.385. The van der Waals surface area contributed by atoms with E-state index in [1.807, 2.05) is 6.07 Å². The van der Waals surface area contributed by atoms with Crippen LogP contribution in [0.4, 0.5) is 5.69 Å². The summed E-state index contributed by atoms with van der Waals surface area (Å²) in [5.41, 5.74) is 3.80. The standard InChI is InChI=1S/C13H15N2.ClHO4/c1-10-13(2,3)11-6-4-5-7-12(11)15(10)9-8-14;2-1(3,4)5/h4-7H,9H2,1-3H3;(H,2,3,4,5)/q+1;/p-1. The van der Waals surface area contributed by atoms with Gasteiger partial charge in [0.05, 0.1) is 5.41 Å². The molecule has 0 radical (unpaired) electrons. The molecule has 1 aromatic carbocycles. The van der Waals surface area contributed by atoms with Gasteiger partial charge in [0.25, 0.3) is 0 Å². The van der Waals surface area contributed by atoms with Crippen LogP contribution in [0.5, 0.6) is 0 Å². The van der Waals surface area contributed by atoms with Gasteiger partial charge in [-0.05, 0) is 13.8 Å². The van der Waals surface area contributed by atoms with E-state index >= 15 is 0 Å². The second kappa shape index (κ2) is 5.87. The Morgan fingerprint density at radius 2 is 1.70 bits per heavy atom. The maximum absolute atomic E-state index is 8.84. The summed E-state index contributed by atoms with van der Waals surface area (Å²) < 4.78 is 36.1. The summed E-state index contributed by atoms with van der Waals surface area (Å²) >= 11 is 0. The van der Waals surface area contributed by atoms with E-state index in [4.69, 9.17) is 23.9 Å². The summed E-state index contributed by atoms with van der Waals surface area (Å²) in [4.78, 5) is 0. The van der Waals surface area contributed by atoms with E-state index in [0.29, 0.717) is 6.54 Å². The van der Waals surface area contributed by atoms with Crippen LogP contribution in [0.2, 0.25) is 0 Å². The molecular formula is C13H15ClN2O4. The Labute approximate surface area is 119 Å². The molecule has 0 aromatic heterocycles. The predicted molar refractivity (Wildman–Crippen MR) is 60.5 cm³/mol. The van der Waals surface area contributed by atoms with Crippen LogP contribution in [0.15, 0.2) is 24.3 Å². The molecule has 1 aliphatic heterocycles. The number of nitrogens with zero attached hydrogens (tertiary/aromatic N) is 2. The Balaban J connectivity index is 0.000000347. The molecule has 0 saturated carbocycles. The van der Waals surface area contributed by atoms with Crippen molar-refractivity contribution in [1.82, 2.24) is 0 Å². The Bertz CT molecular complexity index is 564. The highest BCUT2D eigenvalue weighted by Crippen LogP contribution is 2.38. The first-order valence-electron chi connectivity index (χ1n) is 5.79. The Hall–Kier alpha value is -1.49. The van der Waals surface area contributed by atoms with Crippen molar-refractivity contribution in [2.75, 3.05) is 6.54 Å². The smallest absolute Gasteiger partial charge is 0.222 e. The summed E-state index contributed by atoms with van der Waals surface area (Å²) in [6.07, 6.45) is 0. The van der Waals surface area contributed by atoms with Crippen LogP contribution >= 0.6 is 0 Å². The van der Waals surface area contributed by atoms with Crippen LogP contribution in [-0.4, -0.2) is 16.8 Å². The third kappa shape index (κ3) is 3.76. The maximum atomic E-state index is 8.84. The molecule has 20 heavy (non-hydrogen) atoms. The van der Waals surface area contributed by atoms with Crippen molar-refractivity contribution in [3.05, 3.63) is 29.8 Å². The topological polar surface area (TPSA) is 119 Å². The van der Waals surface area contributed by atoms with E-state index in [1.165, 1.54) is 17.0 Å². The fourth-order valence-corrected chi connectivity index (χ4v) is 2.22. The lowest BCUT2D eigenvalue weighted by Crippen LogP contribution is -2.68. The molecular weight excluding hydrogens is 284 g/mol. The molecule has 0 atom stereocenters. The van der Waals surface area contributed by atoms with Gasteiger partial charge in [-0.15, -0.1) is 10.2 Å². The SMILES string of the molecule is CC1=[N+](CC#N)c2ccccc2C1(C)C.[O-][Cl+3]([O-])([O-])[O-]. The van der Waals surface area contributed by atoms with Crippen molar-refractivity contribution < 1.29 is 33.5 Å². The molecule has 0 amide bonds. The van der Waals surface area contributed by atoms with Gasteiger partial charge in [0.15, 0.2) is 5.71 Å². The minimum Gasteiger partial charge on any atom is -0.222 e. The molecule has 108 valence electrons. The van der Waals surface area contributed by atoms with E-state index in [-0.39, 0.29) is 5.41 Å². The second-order valence-corrected chi connectivity index (χ2v) is 5.61. The number of nitriles is 1. The summed E-state index contributed by atoms with van der Waals surface area (Å²) in [6.45, 7) is 6.96. The van der Waals surface area contributed by atoms with Crippen molar-refractivity contribution in [3.8, 4) is 6.07 Å². The molecule has 1 aromatic rings. The van der Waals surface area contributed by atoms with Gasteiger partial charge in [0, 0.05) is 18.6 Å². The summed E-state index contributed by atoms with van der Waals surface area (Å²) in [5.74, 6) is 0. The third-order valence-corrected chi connectivity index (χ3v) is 3.41. The van der Waals surface area contributed by atoms with Gasteiger partial charge in [0.2, 0.25) is 12.2 Å². The Morgan fingerprint density at radius 1 is 1.20 bits per heavy atom. The molecule has 0 N–H and O–H groups in total. The number of halogens is 1. The van der Waals surface area contributed by atoms with Gasteiger partial charge < -0.3 is 0 Å². The first kappa shape index (κ1) is 16.6. The van der Waals surface area contributed by atoms with Crippen LogP contribution in [0, 0.1) is 21.6 Å². The van der Waals surface area contributed by atoms with Crippen molar-refractivity contribution in [3.63, 3.8) is 0 Å². The lowest BCUT2D eigenvalue weighted by molar-refractivity contribution is -2.00. The molecule has 2 rings (SSSR count). The van der Waals surface area contributed by atoms with Gasteiger partial charge >= 0.3 is 0 Å². The highest BCUT2D eigenvalue weighted by atomic mass is 35.7. The Kier molecular flexibility index (Phi) is 4.86. The van der Waals surface area contributed by atoms with Crippen LogP contribution in [-0.2, 0) is 5.41 Å². The van der Waals surface area contributed by atoms with E-state index in [9.17, 15) is 0 Å². The van der Waals surface area contributed by atoms with Gasteiger partial charge in [-0.1, -0.05) is 18.2 Å². The van der Waals surface area contributed by atoms with E-state index < -0.39 is 10.2 Å². The van der Waals surface area contributed by atoms with Crippen molar-refractivity contribution in [1.29, 1.82) is 5.26 Å². The zero-order chi connectivity index (χ0) is 15.6.